The molecule has 1 fully saturated rings. The van der Waals surface area contributed by atoms with E-state index in [1.54, 1.807) is 18.9 Å². The van der Waals surface area contributed by atoms with Crippen molar-refractivity contribution in [2.75, 3.05) is 20.3 Å². The van der Waals surface area contributed by atoms with Gasteiger partial charge in [0.2, 0.25) is 0 Å². The molecule has 0 saturated carbocycles. The number of aryl methyl sites for hydroxylation is 1. The first-order valence-electron chi connectivity index (χ1n) is 6.25. The number of nitrogens with zero attached hydrogens (tertiary/aromatic N) is 1. The molecule has 2 rings (SSSR count). The lowest BCUT2D eigenvalue weighted by Gasteiger charge is -2.21. The number of rotatable bonds is 4. The van der Waals surface area contributed by atoms with Crippen LogP contribution < -0.4 is 0 Å². The molecule has 1 aliphatic heterocycles. The SMILES string of the molecule is CCc1oc(C(=O)N(C)C2CCOC2)cc1C(=O)O. The second-order valence-electron chi connectivity index (χ2n) is 4.54. The molecule has 1 amide bonds. The number of likely N-dealkylation sites (N-methyl/N-ethyl adjacent to an activating group) is 1. The summed E-state index contributed by atoms with van der Waals surface area (Å²) < 4.78 is 10.6. The van der Waals surface area contributed by atoms with E-state index in [0.29, 0.717) is 25.4 Å². The van der Waals surface area contributed by atoms with Gasteiger partial charge in [-0.2, -0.15) is 0 Å². The van der Waals surface area contributed by atoms with Crippen molar-refractivity contribution in [3.63, 3.8) is 0 Å². The molecule has 6 heteroatoms. The molecule has 1 unspecified atom stereocenters. The summed E-state index contributed by atoms with van der Waals surface area (Å²) in [6.45, 7) is 2.93. The first kappa shape index (κ1) is 13.6. The number of hydrogen-bond acceptors (Lipinski definition) is 4. The van der Waals surface area contributed by atoms with Crippen molar-refractivity contribution in [1.29, 1.82) is 0 Å². The molecule has 1 aliphatic rings. The van der Waals surface area contributed by atoms with Gasteiger partial charge in [-0.15, -0.1) is 0 Å². The summed E-state index contributed by atoms with van der Waals surface area (Å²) in [6, 6.07) is 1.33. The number of aromatic carboxylic acids is 1. The summed E-state index contributed by atoms with van der Waals surface area (Å²) in [6.07, 6.45) is 1.22. The van der Waals surface area contributed by atoms with Gasteiger partial charge in [-0.25, -0.2) is 4.79 Å². The monoisotopic (exact) mass is 267 g/mol. The van der Waals surface area contributed by atoms with Crippen molar-refractivity contribution in [3.05, 3.63) is 23.2 Å². The van der Waals surface area contributed by atoms with E-state index >= 15 is 0 Å². The molecule has 104 valence electrons. The Morgan fingerprint density at radius 3 is 2.74 bits per heavy atom. The lowest BCUT2D eigenvalue weighted by atomic mass is 10.2. The maximum atomic E-state index is 12.2. The molecule has 2 heterocycles. The third-order valence-electron chi connectivity index (χ3n) is 3.35. The summed E-state index contributed by atoms with van der Waals surface area (Å²) in [5.41, 5.74) is 0.0573. The van der Waals surface area contributed by atoms with Gasteiger partial charge in [-0.3, -0.25) is 4.79 Å². The van der Waals surface area contributed by atoms with Crippen LogP contribution >= 0.6 is 0 Å². The lowest BCUT2D eigenvalue weighted by Crippen LogP contribution is -2.37. The van der Waals surface area contributed by atoms with Crippen molar-refractivity contribution in [1.82, 2.24) is 4.90 Å². The summed E-state index contributed by atoms with van der Waals surface area (Å²) in [4.78, 5) is 24.8. The quantitative estimate of drug-likeness (QED) is 0.892. The molecule has 1 atom stereocenters. The van der Waals surface area contributed by atoms with E-state index in [9.17, 15) is 9.59 Å². The number of carboxylic acids is 1. The highest BCUT2D eigenvalue weighted by Crippen LogP contribution is 2.20. The van der Waals surface area contributed by atoms with Crippen LogP contribution in [0.2, 0.25) is 0 Å². The molecule has 0 bridgehead atoms. The number of carboxylic acid groups (broad SMARTS) is 1. The molecule has 0 aliphatic carbocycles. The molecule has 0 spiro atoms. The Bertz CT molecular complexity index is 487. The van der Waals surface area contributed by atoms with Crippen LogP contribution in [0.5, 0.6) is 0 Å². The molecule has 0 aromatic carbocycles. The van der Waals surface area contributed by atoms with Crippen LogP contribution in [0.25, 0.3) is 0 Å². The van der Waals surface area contributed by atoms with Gasteiger partial charge in [0.25, 0.3) is 5.91 Å². The number of amides is 1. The Morgan fingerprint density at radius 1 is 1.53 bits per heavy atom. The summed E-state index contributed by atoms with van der Waals surface area (Å²) in [7, 11) is 1.68. The highest BCUT2D eigenvalue weighted by atomic mass is 16.5. The number of carbonyl (C=O) groups excluding carboxylic acids is 1. The van der Waals surface area contributed by atoms with Gasteiger partial charge in [0.05, 0.1) is 12.6 Å². The second-order valence-corrected chi connectivity index (χ2v) is 4.54. The van der Waals surface area contributed by atoms with Crippen LogP contribution in [0.3, 0.4) is 0 Å². The van der Waals surface area contributed by atoms with Crippen LogP contribution in [0.1, 0.15) is 40.0 Å². The Kier molecular flexibility index (Phi) is 3.90. The topological polar surface area (TPSA) is 80.0 Å². The summed E-state index contributed by atoms with van der Waals surface area (Å²) >= 11 is 0. The first-order valence-corrected chi connectivity index (χ1v) is 6.25. The fourth-order valence-corrected chi connectivity index (χ4v) is 2.14. The van der Waals surface area contributed by atoms with Crippen LogP contribution in [0, 0.1) is 0 Å². The summed E-state index contributed by atoms with van der Waals surface area (Å²) in [5.74, 6) is -0.986. The predicted octanol–water partition coefficient (Wildman–Crippen LogP) is 1.40. The van der Waals surface area contributed by atoms with Crippen molar-refractivity contribution in [2.45, 2.75) is 25.8 Å². The molecule has 1 N–H and O–H groups in total. The second kappa shape index (κ2) is 5.44. The standard InChI is InChI=1S/C13H17NO5/c1-3-10-9(13(16)17)6-11(19-10)12(15)14(2)8-4-5-18-7-8/h6,8H,3-5,7H2,1-2H3,(H,16,17). The maximum Gasteiger partial charge on any atom is 0.339 e. The molecule has 6 nitrogen and oxygen atoms in total. The van der Waals surface area contributed by atoms with Crippen molar-refractivity contribution >= 4 is 11.9 Å². The van der Waals surface area contributed by atoms with Crippen molar-refractivity contribution in [2.24, 2.45) is 0 Å². The number of ether oxygens (including phenoxy) is 1. The highest BCUT2D eigenvalue weighted by molar-refractivity contribution is 5.96. The van der Waals surface area contributed by atoms with Gasteiger partial charge in [0.1, 0.15) is 11.3 Å². The van der Waals surface area contributed by atoms with Crippen LogP contribution in [-0.4, -0.2) is 48.2 Å². The predicted molar refractivity (Wildman–Crippen MR) is 66.4 cm³/mol. The fourth-order valence-electron chi connectivity index (χ4n) is 2.14. The molecular formula is C13H17NO5. The highest BCUT2D eigenvalue weighted by Gasteiger charge is 2.28. The van der Waals surface area contributed by atoms with Crippen molar-refractivity contribution < 1.29 is 23.8 Å². The maximum absolute atomic E-state index is 12.2. The Labute approximate surface area is 110 Å². The zero-order chi connectivity index (χ0) is 14.0. The van der Waals surface area contributed by atoms with Gasteiger partial charge in [0.15, 0.2) is 5.76 Å². The molecule has 19 heavy (non-hydrogen) atoms. The van der Waals surface area contributed by atoms with Crippen LogP contribution in [-0.2, 0) is 11.2 Å². The minimum absolute atomic E-state index is 0.0240. The Morgan fingerprint density at radius 2 is 2.26 bits per heavy atom. The molecule has 1 aromatic heterocycles. The zero-order valence-electron chi connectivity index (χ0n) is 11.0. The van der Waals surface area contributed by atoms with E-state index < -0.39 is 5.97 Å². The minimum atomic E-state index is -1.08. The Balaban J connectivity index is 2.21. The molecule has 1 saturated heterocycles. The van der Waals surface area contributed by atoms with Crippen LogP contribution in [0.15, 0.2) is 10.5 Å². The van der Waals surface area contributed by atoms with E-state index in [4.69, 9.17) is 14.3 Å². The number of furan rings is 1. The van der Waals surface area contributed by atoms with E-state index in [0.717, 1.165) is 6.42 Å². The van der Waals surface area contributed by atoms with E-state index in [1.165, 1.54) is 6.07 Å². The smallest absolute Gasteiger partial charge is 0.339 e. The number of hydrogen-bond donors (Lipinski definition) is 1. The summed E-state index contributed by atoms with van der Waals surface area (Å²) in [5, 5.41) is 9.04. The lowest BCUT2D eigenvalue weighted by molar-refractivity contribution is 0.0673. The van der Waals surface area contributed by atoms with E-state index in [1.807, 2.05) is 0 Å². The normalized spacial score (nSPS) is 18.5. The largest absolute Gasteiger partial charge is 0.478 e. The van der Waals surface area contributed by atoms with Gasteiger partial charge in [0, 0.05) is 26.1 Å². The molecule has 0 radical (unpaired) electrons. The third kappa shape index (κ3) is 2.63. The zero-order valence-corrected chi connectivity index (χ0v) is 11.0. The number of carbonyl (C=O) groups is 2. The van der Waals surface area contributed by atoms with Gasteiger partial charge in [-0.05, 0) is 6.42 Å². The Hall–Kier alpha value is -1.82. The van der Waals surface area contributed by atoms with E-state index in [-0.39, 0.29) is 23.3 Å². The van der Waals surface area contributed by atoms with Gasteiger partial charge < -0.3 is 19.2 Å². The molecule has 1 aromatic rings. The third-order valence-corrected chi connectivity index (χ3v) is 3.35. The fraction of sp³-hybridized carbons (Fsp3) is 0.538. The van der Waals surface area contributed by atoms with Gasteiger partial charge in [-0.1, -0.05) is 6.92 Å². The van der Waals surface area contributed by atoms with Gasteiger partial charge >= 0.3 is 5.97 Å². The average molecular weight is 267 g/mol. The van der Waals surface area contributed by atoms with Crippen molar-refractivity contribution in [3.8, 4) is 0 Å². The van der Waals surface area contributed by atoms with E-state index in [2.05, 4.69) is 0 Å². The van der Waals surface area contributed by atoms with Crippen LogP contribution in [0.4, 0.5) is 0 Å². The minimum Gasteiger partial charge on any atom is -0.478 e. The first-order chi connectivity index (χ1) is 9.04. The molecular weight excluding hydrogens is 250 g/mol. The average Bonchev–Trinajstić information content (AvgIpc) is 3.05.